The van der Waals surface area contributed by atoms with E-state index in [4.69, 9.17) is 11.5 Å². The Morgan fingerprint density at radius 3 is 1.69 bits per heavy atom. The van der Waals surface area contributed by atoms with Crippen LogP contribution in [-0.4, -0.2) is 73.0 Å². The van der Waals surface area contributed by atoms with Gasteiger partial charge in [0.1, 0.15) is 0 Å². The topological polar surface area (TPSA) is 141 Å². The number of carbonyl (C=O) groups is 2. The number of rotatable bonds is 14. The summed E-state index contributed by atoms with van der Waals surface area (Å²) in [6.45, 7) is 15.5. The summed E-state index contributed by atoms with van der Waals surface area (Å²) in [5, 5.41) is 13.3. The van der Waals surface area contributed by atoms with Crippen molar-refractivity contribution in [1.82, 2.24) is 9.80 Å². The molecule has 8 N–H and O–H groups in total. The van der Waals surface area contributed by atoms with Crippen LogP contribution >= 0.6 is 0 Å². The first kappa shape index (κ1) is 39.6. The summed E-state index contributed by atoms with van der Waals surface area (Å²) < 4.78 is 0. The molecule has 0 bridgehead atoms. The number of amides is 2. The number of para-hydroxylation sites is 3. The van der Waals surface area contributed by atoms with E-state index in [1.807, 2.05) is 72.8 Å². The number of carbonyl (C=O) groups excluding carboxylic acids is 2. The lowest BCUT2D eigenvalue weighted by Crippen LogP contribution is -2.43. The Kier molecular flexibility index (Phi) is 13.0. The fraction of sp³-hybridized carbons (Fsp3) is 0.422. The number of hydrogen-bond donors (Lipinski definition) is 6. The zero-order valence-electron chi connectivity index (χ0n) is 33.0. The van der Waals surface area contributed by atoms with Crippen LogP contribution in [-0.2, 0) is 6.42 Å². The summed E-state index contributed by atoms with van der Waals surface area (Å²) in [5.41, 5.74) is 19.4. The molecule has 2 amide bonds. The molecule has 292 valence electrons. The van der Waals surface area contributed by atoms with Crippen LogP contribution in [0.2, 0.25) is 0 Å². The molecule has 2 heterocycles. The lowest BCUT2D eigenvalue weighted by atomic mass is 9.84. The molecule has 0 atom stereocenters. The molecule has 2 saturated heterocycles. The fourth-order valence-electron chi connectivity index (χ4n) is 7.97. The number of anilines is 6. The van der Waals surface area contributed by atoms with Gasteiger partial charge in [-0.1, -0.05) is 52.0 Å². The van der Waals surface area contributed by atoms with Crippen LogP contribution in [0, 0.1) is 11.3 Å². The summed E-state index contributed by atoms with van der Waals surface area (Å²) in [6.07, 6.45) is 5.12. The normalized spacial score (nSPS) is 16.2. The van der Waals surface area contributed by atoms with Crippen LogP contribution in [0.4, 0.5) is 34.1 Å². The Morgan fingerprint density at radius 1 is 0.673 bits per heavy atom. The second kappa shape index (κ2) is 18.0. The van der Waals surface area contributed by atoms with Crippen molar-refractivity contribution in [2.75, 3.05) is 72.0 Å². The number of benzene rings is 4. The van der Waals surface area contributed by atoms with E-state index in [1.165, 1.54) is 0 Å². The standard InChI is InChI=1S/C45H60N8O2/c1-31(2)29-52-24-20-37(21-25-52)48-35-18-14-33(15-19-35)44(55)51-41-11-7-8-34(42(41)47)28-45(3,4)30-53-26-22-38(23-27-53)49-36-16-12-32(13-17-36)43(54)50-40-10-6-5-9-39(40)46/h5-19,31,37-38,48-49H,20-30,46-47H2,1-4H3,(H,50,54)(H,51,55). The summed E-state index contributed by atoms with van der Waals surface area (Å²) in [7, 11) is 0. The third-order valence-corrected chi connectivity index (χ3v) is 10.8. The first-order valence-electron chi connectivity index (χ1n) is 19.9. The van der Waals surface area contributed by atoms with E-state index >= 15 is 0 Å². The quantitative estimate of drug-likeness (QED) is 0.0714. The smallest absolute Gasteiger partial charge is 0.255 e. The molecule has 0 radical (unpaired) electrons. The van der Waals surface area contributed by atoms with Crippen LogP contribution < -0.4 is 32.7 Å². The molecule has 4 aromatic carbocycles. The highest BCUT2D eigenvalue weighted by Gasteiger charge is 2.27. The number of nitrogens with two attached hydrogens (primary N) is 2. The van der Waals surface area contributed by atoms with Crippen molar-refractivity contribution >= 4 is 45.9 Å². The maximum atomic E-state index is 13.3. The minimum Gasteiger partial charge on any atom is -0.397 e. The van der Waals surface area contributed by atoms with Crippen LogP contribution in [0.5, 0.6) is 0 Å². The summed E-state index contributed by atoms with van der Waals surface area (Å²) in [4.78, 5) is 31.1. The first-order chi connectivity index (χ1) is 26.4. The van der Waals surface area contributed by atoms with E-state index in [1.54, 1.807) is 12.1 Å². The molecular formula is C45H60N8O2. The van der Waals surface area contributed by atoms with E-state index in [2.05, 4.69) is 64.8 Å². The van der Waals surface area contributed by atoms with Gasteiger partial charge in [0.2, 0.25) is 0 Å². The number of nitrogens with one attached hydrogen (secondary N) is 4. The summed E-state index contributed by atoms with van der Waals surface area (Å²) >= 11 is 0. The highest BCUT2D eigenvalue weighted by Crippen LogP contribution is 2.32. The molecule has 55 heavy (non-hydrogen) atoms. The van der Waals surface area contributed by atoms with Gasteiger partial charge in [0.05, 0.1) is 22.7 Å². The molecule has 0 spiro atoms. The minimum atomic E-state index is -0.184. The van der Waals surface area contributed by atoms with Crippen molar-refractivity contribution in [3.63, 3.8) is 0 Å². The zero-order chi connectivity index (χ0) is 39.0. The van der Waals surface area contributed by atoms with E-state index in [-0.39, 0.29) is 17.2 Å². The van der Waals surface area contributed by atoms with E-state index in [0.29, 0.717) is 51.9 Å². The SMILES string of the molecule is CC(C)CN1CCC(Nc2ccc(C(=O)Nc3cccc(CC(C)(C)CN4CCC(Nc5ccc(C(=O)Nc6ccccc6N)cc5)CC4)c3N)cc2)CC1. The van der Waals surface area contributed by atoms with Gasteiger partial charge in [0.15, 0.2) is 0 Å². The Morgan fingerprint density at radius 2 is 1.16 bits per heavy atom. The van der Waals surface area contributed by atoms with Crippen LogP contribution in [0.25, 0.3) is 0 Å². The summed E-state index contributed by atoms with van der Waals surface area (Å²) in [6, 6.07) is 29.4. The van der Waals surface area contributed by atoms with Crippen molar-refractivity contribution in [3.8, 4) is 0 Å². The molecule has 0 saturated carbocycles. The minimum absolute atomic E-state index is 0.0221. The Hall–Kier alpha value is -5.06. The van der Waals surface area contributed by atoms with Gasteiger partial charge in [-0.2, -0.15) is 0 Å². The van der Waals surface area contributed by atoms with Gasteiger partial charge in [-0.3, -0.25) is 9.59 Å². The van der Waals surface area contributed by atoms with Crippen molar-refractivity contribution in [3.05, 3.63) is 108 Å². The van der Waals surface area contributed by atoms with Crippen LogP contribution in [0.1, 0.15) is 79.7 Å². The average molecular weight is 745 g/mol. The van der Waals surface area contributed by atoms with Gasteiger partial charge in [0, 0.05) is 73.9 Å². The average Bonchev–Trinajstić information content (AvgIpc) is 3.16. The van der Waals surface area contributed by atoms with E-state index in [9.17, 15) is 9.59 Å². The second-order valence-electron chi connectivity index (χ2n) is 16.7. The first-order valence-corrected chi connectivity index (χ1v) is 19.9. The predicted molar refractivity (Wildman–Crippen MR) is 229 cm³/mol. The molecule has 4 aromatic rings. The predicted octanol–water partition coefficient (Wildman–Crippen LogP) is 8.03. The van der Waals surface area contributed by atoms with E-state index < -0.39 is 0 Å². The van der Waals surface area contributed by atoms with Gasteiger partial charge >= 0.3 is 0 Å². The molecule has 10 nitrogen and oxygen atoms in total. The third kappa shape index (κ3) is 11.2. The van der Waals surface area contributed by atoms with Crippen molar-refractivity contribution in [2.24, 2.45) is 11.3 Å². The molecule has 6 rings (SSSR count). The Balaban J connectivity index is 0.943. The van der Waals surface area contributed by atoms with Gasteiger partial charge in [-0.25, -0.2) is 0 Å². The molecular weight excluding hydrogens is 685 g/mol. The number of hydrogen-bond acceptors (Lipinski definition) is 8. The largest absolute Gasteiger partial charge is 0.397 e. The highest BCUT2D eigenvalue weighted by atomic mass is 16.2. The number of nitrogens with zero attached hydrogens (tertiary/aromatic N) is 2. The molecule has 10 heteroatoms. The van der Waals surface area contributed by atoms with Gasteiger partial charge < -0.3 is 42.5 Å². The number of nitrogen functional groups attached to an aromatic ring is 2. The lowest BCUT2D eigenvalue weighted by Gasteiger charge is -2.38. The summed E-state index contributed by atoms with van der Waals surface area (Å²) in [5.74, 6) is 0.347. The Bertz CT molecular complexity index is 1880. The van der Waals surface area contributed by atoms with Gasteiger partial charge in [0.25, 0.3) is 11.8 Å². The molecule has 2 fully saturated rings. The Labute approximate surface area is 327 Å². The monoisotopic (exact) mass is 744 g/mol. The van der Waals surface area contributed by atoms with Crippen molar-refractivity contribution < 1.29 is 9.59 Å². The van der Waals surface area contributed by atoms with Gasteiger partial charge in [-0.15, -0.1) is 0 Å². The van der Waals surface area contributed by atoms with E-state index in [0.717, 1.165) is 88.3 Å². The fourth-order valence-corrected chi connectivity index (χ4v) is 7.97. The molecule has 2 aliphatic heterocycles. The third-order valence-electron chi connectivity index (χ3n) is 10.8. The van der Waals surface area contributed by atoms with Gasteiger partial charge in [-0.05, 0) is 116 Å². The number of likely N-dealkylation sites (tertiary alicyclic amines) is 2. The zero-order valence-corrected chi connectivity index (χ0v) is 33.0. The molecule has 0 aromatic heterocycles. The van der Waals surface area contributed by atoms with Crippen molar-refractivity contribution in [1.29, 1.82) is 0 Å². The second-order valence-corrected chi connectivity index (χ2v) is 16.7. The lowest BCUT2D eigenvalue weighted by molar-refractivity contribution is 0.101. The number of piperidine rings is 2. The molecule has 0 aliphatic carbocycles. The highest BCUT2D eigenvalue weighted by molar-refractivity contribution is 6.06. The van der Waals surface area contributed by atoms with Crippen LogP contribution in [0.3, 0.4) is 0 Å². The maximum absolute atomic E-state index is 13.3. The molecule has 0 unspecified atom stereocenters. The maximum Gasteiger partial charge on any atom is 0.255 e. The van der Waals surface area contributed by atoms with Crippen molar-refractivity contribution in [2.45, 2.75) is 71.9 Å². The van der Waals surface area contributed by atoms with Crippen LogP contribution in [0.15, 0.2) is 91.0 Å². The molecule has 2 aliphatic rings.